The Bertz CT molecular complexity index is 467. The second kappa shape index (κ2) is 3.37. The number of benzene rings is 1. The zero-order valence-electron chi connectivity index (χ0n) is 8.76. The highest BCUT2D eigenvalue weighted by atomic mass is 16.4. The van der Waals surface area contributed by atoms with Crippen molar-refractivity contribution in [1.29, 1.82) is 0 Å². The van der Waals surface area contributed by atoms with Crippen LogP contribution in [0.5, 0.6) is 0 Å². The molecule has 1 aromatic rings. The summed E-state index contributed by atoms with van der Waals surface area (Å²) in [5, 5.41) is 12.3. The first-order valence-electron chi connectivity index (χ1n) is 5.52. The molecule has 0 unspecified atom stereocenters. The number of fused-ring (bicyclic) bond motifs is 3. The van der Waals surface area contributed by atoms with Gasteiger partial charge in [0.25, 0.3) is 0 Å². The molecule has 0 fully saturated rings. The Morgan fingerprint density at radius 3 is 3.00 bits per heavy atom. The van der Waals surface area contributed by atoms with E-state index in [1.807, 2.05) is 18.2 Å². The van der Waals surface area contributed by atoms with E-state index in [-0.39, 0.29) is 11.8 Å². The lowest BCUT2D eigenvalue weighted by Crippen LogP contribution is -2.41. The Labute approximate surface area is 93.8 Å². The van der Waals surface area contributed by atoms with Gasteiger partial charge in [0.15, 0.2) is 0 Å². The number of nitrogens with one attached hydrogen (secondary N) is 1. The van der Waals surface area contributed by atoms with Crippen molar-refractivity contribution in [2.24, 2.45) is 5.92 Å². The van der Waals surface area contributed by atoms with Gasteiger partial charge in [-0.15, -0.1) is 0 Å². The SMILES string of the molecule is O=C(O)[C@@H]1Nc2ccccc2[C@@H]2C=CC[C@@H]12. The number of hydrogen-bond donors (Lipinski definition) is 2. The van der Waals surface area contributed by atoms with E-state index in [1.165, 1.54) is 5.56 Å². The van der Waals surface area contributed by atoms with Crippen LogP contribution in [0.4, 0.5) is 5.69 Å². The third-order valence-corrected chi connectivity index (χ3v) is 3.54. The molecule has 3 atom stereocenters. The van der Waals surface area contributed by atoms with Gasteiger partial charge in [-0.05, 0) is 18.1 Å². The molecule has 1 aliphatic heterocycles. The second-order valence-electron chi connectivity index (χ2n) is 4.40. The van der Waals surface area contributed by atoms with Crippen LogP contribution in [0.15, 0.2) is 36.4 Å². The summed E-state index contributed by atoms with van der Waals surface area (Å²) >= 11 is 0. The second-order valence-corrected chi connectivity index (χ2v) is 4.40. The standard InChI is InChI=1S/C13H13NO2/c15-13(16)12-10-6-3-5-8(10)9-4-1-2-7-11(9)14-12/h1-5,7-8,10,12,14H,6H2,(H,15,16)/t8-,10+,12+/m0/s1. The van der Waals surface area contributed by atoms with Gasteiger partial charge < -0.3 is 10.4 Å². The topological polar surface area (TPSA) is 49.3 Å². The molecule has 1 heterocycles. The van der Waals surface area contributed by atoms with E-state index in [2.05, 4.69) is 23.5 Å². The number of rotatable bonds is 1. The van der Waals surface area contributed by atoms with Gasteiger partial charge in [-0.1, -0.05) is 30.4 Å². The zero-order valence-corrected chi connectivity index (χ0v) is 8.76. The van der Waals surface area contributed by atoms with E-state index < -0.39 is 12.0 Å². The van der Waals surface area contributed by atoms with Gasteiger partial charge in [0.05, 0.1) is 0 Å². The van der Waals surface area contributed by atoms with Crippen LogP contribution in [0, 0.1) is 5.92 Å². The van der Waals surface area contributed by atoms with E-state index in [9.17, 15) is 9.90 Å². The molecule has 0 spiro atoms. The molecule has 1 aromatic carbocycles. The molecule has 0 saturated heterocycles. The van der Waals surface area contributed by atoms with Crippen molar-refractivity contribution in [3.8, 4) is 0 Å². The quantitative estimate of drug-likeness (QED) is 0.706. The maximum Gasteiger partial charge on any atom is 0.326 e. The lowest BCUT2D eigenvalue weighted by Gasteiger charge is -2.34. The normalized spacial score (nSPS) is 30.4. The summed E-state index contributed by atoms with van der Waals surface area (Å²) in [6.07, 6.45) is 5.08. The lowest BCUT2D eigenvalue weighted by molar-refractivity contribution is -0.139. The van der Waals surface area contributed by atoms with Crippen molar-refractivity contribution < 1.29 is 9.90 Å². The zero-order chi connectivity index (χ0) is 11.1. The Balaban J connectivity index is 2.08. The van der Waals surface area contributed by atoms with Gasteiger partial charge in [0.2, 0.25) is 0 Å². The van der Waals surface area contributed by atoms with Gasteiger partial charge in [-0.3, -0.25) is 0 Å². The van der Waals surface area contributed by atoms with Crippen molar-refractivity contribution in [1.82, 2.24) is 0 Å². The highest BCUT2D eigenvalue weighted by Crippen LogP contribution is 2.44. The molecule has 0 aromatic heterocycles. The summed E-state index contributed by atoms with van der Waals surface area (Å²) < 4.78 is 0. The van der Waals surface area contributed by atoms with Gasteiger partial charge in [-0.2, -0.15) is 0 Å². The van der Waals surface area contributed by atoms with Crippen LogP contribution in [-0.2, 0) is 4.79 Å². The molecule has 0 bridgehead atoms. The largest absolute Gasteiger partial charge is 0.480 e. The van der Waals surface area contributed by atoms with E-state index in [0.717, 1.165) is 12.1 Å². The average molecular weight is 215 g/mol. The van der Waals surface area contributed by atoms with Crippen LogP contribution in [0.3, 0.4) is 0 Å². The fraction of sp³-hybridized carbons (Fsp3) is 0.308. The van der Waals surface area contributed by atoms with Gasteiger partial charge in [0, 0.05) is 17.5 Å². The number of anilines is 1. The predicted octanol–water partition coefficient (Wildman–Crippen LogP) is 2.22. The number of hydrogen-bond acceptors (Lipinski definition) is 2. The first-order chi connectivity index (χ1) is 7.77. The van der Waals surface area contributed by atoms with Crippen LogP contribution in [-0.4, -0.2) is 17.1 Å². The van der Waals surface area contributed by atoms with Crippen LogP contribution < -0.4 is 5.32 Å². The summed E-state index contributed by atoms with van der Waals surface area (Å²) in [6, 6.07) is 7.51. The first-order valence-corrected chi connectivity index (χ1v) is 5.52. The van der Waals surface area contributed by atoms with E-state index in [0.29, 0.717) is 0 Å². The molecule has 2 N–H and O–H groups in total. The Kier molecular flexibility index (Phi) is 1.99. The monoisotopic (exact) mass is 215 g/mol. The summed E-state index contributed by atoms with van der Waals surface area (Å²) in [5.74, 6) is -0.334. The fourth-order valence-electron chi connectivity index (χ4n) is 2.79. The van der Waals surface area contributed by atoms with Crippen LogP contribution in [0.25, 0.3) is 0 Å². The minimum absolute atomic E-state index is 0.160. The van der Waals surface area contributed by atoms with Gasteiger partial charge >= 0.3 is 5.97 Å². The average Bonchev–Trinajstić information content (AvgIpc) is 2.76. The Hall–Kier alpha value is -1.77. The van der Waals surface area contributed by atoms with Crippen molar-refractivity contribution in [2.75, 3.05) is 5.32 Å². The van der Waals surface area contributed by atoms with Crippen molar-refractivity contribution in [2.45, 2.75) is 18.4 Å². The van der Waals surface area contributed by atoms with Crippen molar-refractivity contribution in [3.05, 3.63) is 42.0 Å². The number of carboxylic acid groups (broad SMARTS) is 1. The maximum atomic E-state index is 11.2. The molecule has 3 nitrogen and oxygen atoms in total. The van der Waals surface area contributed by atoms with Crippen molar-refractivity contribution >= 4 is 11.7 Å². The van der Waals surface area contributed by atoms with Crippen LogP contribution >= 0.6 is 0 Å². The van der Waals surface area contributed by atoms with Crippen LogP contribution in [0.2, 0.25) is 0 Å². The third-order valence-electron chi connectivity index (χ3n) is 3.54. The molecule has 0 amide bonds. The minimum Gasteiger partial charge on any atom is -0.480 e. The molecular weight excluding hydrogens is 202 g/mol. The molecule has 1 aliphatic carbocycles. The number of aliphatic carboxylic acids is 1. The lowest BCUT2D eigenvalue weighted by atomic mass is 9.79. The molecule has 0 saturated carbocycles. The summed E-state index contributed by atoms with van der Waals surface area (Å²) in [4.78, 5) is 11.2. The van der Waals surface area contributed by atoms with Gasteiger partial charge in [-0.25, -0.2) is 4.79 Å². The Morgan fingerprint density at radius 2 is 2.19 bits per heavy atom. The van der Waals surface area contributed by atoms with Gasteiger partial charge in [0.1, 0.15) is 6.04 Å². The third kappa shape index (κ3) is 1.24. The van der Waals surface area contributed by atoms with E-state index >= 15 is 0 Å². The molecule has 3 rings (SSSR count). The molecule has 82 valence electrons. The fourth-order valence-corrected chi connectivity index (χ4v) is 2.79. The highest BCUT2D eigenvalue weighted by Gasteiger charge is 2.40. The highest BCUT2D eigenvalue weighted by molar-refractivity contribution is 5.80. The summed E-state index contributed by atoms with van der Waals surface area (Å²) in [6.45, 7) is 0. The minimum atomic E-state index is -0.756. The first kappa shape index (κ1) is 9.46. The summed E-state index contributed by atoms with van der Waals surface area (Å²) in [7, 11) is 0. The maximum absolute atomic E-state index is 11.2. The summed E-state index contributed by atoms with van der Waals surface area (Å²) in [5.41, 5.74) is 2.18. The number of para-hydroxylation sites is 1. The molecule has 2 aliphatic rings. The Morgan fingerprint density at radius 1 is 1.38 bits per heavy atom. The van der Waals surface area contributed by atoms with Crippen molar-refractivity contribution in [3.63, 3.8) is 0 Å². The number of carboxylic acids is 1. The predicted molar refractivity (Wildman–Crippen MR) is 61.5 cm³/mol. The molecule has 0 radical (unpaired) electrons. The number of allylic oxidation sites excluding steroid dienone is 2. The van der Waals surface area contributed by atoms with E-state index in [4.69, 9.17) is 0 Å². The van der Waals surface area contributed by atoms with Crippen LogP contribution in [0.1, 0.15) is 17.9 Å². The molecular formula is C13H13NO2. The molecule has 16 heavy (non-hydrogen) atoms. The number of carbonyl (C=O) groups is 1. The van der Waals surface area contributed by atoms with E-state index in [1.54, 1.807) is 0 Å². The smallest absolute Gasteiger partial charge is 0.326 e. The molecule has 3 heteroatoms.